The van der Waals surface area contributed by atoms with Crippen molar-refractivity contribution in [1.82, 2.24) is 18.5 Å². The minimum atomic E-state index is -1.05. The van der Waals surface area contributed by atoms with Crippen LogP contribution in [-0.2, 0) is 13.1 Å². The van der Waals surface area contributed by atoms with Gasteiger partial charge in [0, 0.05) is 0 Å². The Morgan fingerprint density at radius 3 is 0.826 bits per heavy atom. The molecule has 8 rings (SSSR count). The lowest BCUT2D eigenvalue weighted by Gasteiger charge is -1.99. The third-order valence-electron chi connectivity index (χ3n) is 8.48. The highest BCUT2D eigenvalue weighted by molar-refractivity contribution is 5.99. The molecule has 46 heavy (non-hydrogen) atoms. The molecule has 0 unspecified atom stereocenters. The number of hydrogen-bond donors (Lipinski definition) is 0. The second-order valence-corrected chi connectivity index (χ2v) is 11.1. The van der Waals surface area contributed by atoms with Crippen LogP contribution in [0.25, 0.3) is 43.1 Å². The van der Waals surface area contributed by atoms with E-state index in [1.54, 1.807) is 60.7 Å². The second kappa shape index (κ2) is 9.47. The molecule has 0 aliphatic heterocycles. The standard InChI is InChI=1S/C34H18N4O8/c39-27-19-11-23-24(12-20(19)28(40)35(27)15-17-7-3-1-4-8-17)32(44)37(31(23)43)38-33(45)25-13-21-22(14-26(25)34(38)46)30(42)36(29(21)41)16-18-9-5-2-6-10-18/h1-14H,15-16H2. The van der Waals surface area contributed by atoms with E-state index in [4.69, 9.17) is 0 Å². The quantitative estimate of drug-likeness (QED) is 0.274. The average molecular weight is 611 g/mol. The molecule has 0 spiro atoms. The number of hydrogen-bond acceptors (Lipinski definition) is 8. The third-order valence-corrected chi connectivity index (χ3v) is 8.48. The summed E-state index contributed by atoms with van der Waals surface area (Å²) in [6, 6.07) is 22.1. The number of fused-ring (bicyclic) bond motifs is 4. The first kappa shape index (κ1) is 27.0. The molecule has 0 fully saturated rings. The molecule has 12 nitrogen and oxygen atoms in total. The van der Waals surface area contributed by atoms with Crippen LogP contribution >= 0.6 is 0 Å². The van der Waals surface area contributed by atoms with Crippen LogP contribution in [0.2, 0.25) is 0 Å². The van der Waals surface area contributed by atoms with Crippen LogP contribution in [0.15, 0.2) is 123 Å². The lowest BCUT2D eigenvalue weighted by atomic mass is 10.1. The van der Waals surface area contributed by atoms with Gasteiger partial charge in [0.1, 0.15) is 0 Å². The van der Waals surface area contributed by atoms with Crippen LogP contribution in [0.5, 0.6) is 0 Å². The van der Waals surface area contributed by atoms with Crippen LogP contribution in [0.1, 0.15) is 11.1 Å². The number of benzene rings is 4. The summed E-state index contributed by atoms with van der Waals surface area (Å²) in [6.07, 6.45) is 0. The predicted octanol–water partition coefficient (Wildman–Crippen LogP) is 0.546. The highest BCUT2D eigenvalue weighted by Crippen LogP contribution is 2.17. The number of aromatic nitrogens is 4. The van der Waals surface area contributed by atoms with Crippen molar-refractivity contribution < 1.29 is 0 Å². The third kappa shape index (κ3) is 3.60. The molecule has 222 valence electrons. The molecule has 0 N–H and O–H groups in total. The summed E-state index contributed by atoms with van der Waals surface area (Å²) >= 11 is 0. The van der Waals surface area contributed by atoms with Gasteiger partial charge in [-0.05, 0) is 35.4 Å². The fourth-order valence-electron chi connectivity index (χ4n) is 6.20. The van der Waals surface area contributed by atoms with E-state index in [0.29, 0.717) is 20.5 Å². The smallest absolute Gasteiger partial charge is 0.270 e. The molecule has 4 heterocycles. The first-order chi connectivity index (χ1) is 22.2. The van der Waals surface area contributed by atoms with Crippen LogP contribution in [0.3, 0.4) is 0 Å². The molecule has 0 saturated heterocycles. The van der Waals surface area contributed by atoms with Crippen molar-refractivity contribution in [1.29, 1.82) is 0 Å². The average Bonchev–Trinajstić information content (AvgIpc) is 3.64. The monoisotopic (exact) mass is 610 g/mol. The lowest BCUT2D eigenvalue weighted by Crippen LogP contribution is -2.42. The zero-order chi connectivity index (χ0) is 32.0. The summed E-state index contributed by atoms with van der Waals surface area (Å²) in [5.41, 5.74) is -5.42. The SMILES string of the molecule is O=c1c2cc3c(=O)n(-n4c(=O)c5cc6c(=O)n(Cc7ccccc7)c(=O)c6cc5c4=O)c(=O)c3cc2c(=O)n1Cc1ccccc1. The zero-order valence-corrected chi connectivity index (χ0v) is 23.6. The predicted molar refractivity (Wildman–Crippen MR) is 172 cm³/mol. The highest BCUT2D eigenvalue weighted by Gasteiger charge is 2.25. The zero-order valence-electron chi connectivity index (χ0n) is 23.6. The topological polar surface area (TPSA) is 156 Å². The Hall–Kier alpha value is -6.56. The highest BCUT2D eigenvalue weighted by atomic mass is 16.2. The Balaban J connectivity index is 1.31. The van der Waals surface area contributed by atoms with Crippen LogP contribution in [0.4, 0.5) is 0 Å². The van der Waals surface area contributed by atoms with Crippen molar-refractivity contribution in [3.05, 3.63) is 179 Å². The van der Waals surface area contributed by atoms with Crippen LogP contribution < -0.4 is 44.5 Å². The maximum absolute atomic E-state index is 13.6. The fourth-order valence-corrected chi connectivity index (χ4v) is 6.20. The Morgan fingerprint density at radius 1 is 0.326 bits per heavy atom. The van der Waals surface area contributed by atoms with Crippen LogP contribution in [0, 0.1) is 0 Å². The van der Waals surface area contributed by atoms with Gasteiger partial charge in [-0.1, -0.05) is 60.7 Å². The van der Waals surface area contributed by atoms with Gasteiger partial charge in [-0.25, -0.2) is 0 Å². The minimum absolute atomic E-state index is 0.0140. The Bertz CT molecular complexity index is 2660. The van der Waals surface area contributed by atoms with Gasteiger partial charge in [0.15, 0.2) is 0 Å². The molecule has 0 saturated carbocycles. The summed E-state index contributed by atoms with van der Waals surface area (Å²) in [7, 11) is 0. The molecular weight excluding hydrogens is 592 g/mol. The second-order valence-electron chi connectivity index (χ2n) is 11.1. The molecular formula is C34H18N4O8. The van der Waals surface area contributed by atoms with Gasteiger partial charge in [0.25, 0.3) is 44.5 Å². The van der Waals surface area contributed by atoms with Gasteiger partial charge >= 0.3 is 0 Å². The maximum atomic E-state index is 13.6. The van der Waals surface area contributed by atoms with Gasteiger partial charge in [-0.3, -0.25) is 47.5 Å². The summed E-state index contributed by atoms with van der Waals surface area (Å²) in [5.74, 6) is 0. The first-order valence-electron chi connectivity index (χ1n) is 14.1. The van der Waals surface area contributed by atoms with Gasteiger partial charge < -0.3 is 0 Å². The maximum Gasteiger partial charge on any atom is 0.281 e. The van der Waals surface area contributed by atoms with Crippen LogP contribution in [-0.4, -0.2) is 18.5 Å². The summed E-state index contributed by atoms with van der Waals surface area (Å²) < 4.78 is 2.74. The molecule has 0 atom stereocenters. The summed E-state index contributed by atoms with van der Waals surface area (Å²) in [4.78, 5) is 107. The number of rotatable bonds is 5. The molecule has 4 aromatic heterocycles. The van der Waals surface area contributed by atoms with E-state index in [1.165, 1.54) is 0 Å². The summed E-state index contributed by atoms with van der Waals surface area (Å²) in [5, 5.41) is -1.37. The molecule has 0 aliphatic rings. The Labute approximate surface area is 253 Å². The Kier molecular flexibility index (Phi) is 5.56. The van der Waals surface area contributed by atoms with Crippen molar-refractivity contribution in [3.8, 4) is 0 Å². The van der Waals surface area contributed by atoms with Crippen molar-refractivity contribution in [2.45, 2.75) is 13.1 Å². The van der Waals surface area contributed by atoms with Crippen molar-refractivity contribution in [2.75, 3.05) is 0 Å². The van der Waals surface area contributed by atoms with E-state index in [9.17, 15) is 38.4 Å². The molecule has 0 amide bonds. The minimum Gasteiger partial charge on any atom is -0.270 e. The van der Waals surface area contributed by atoms with Gasteiger partial charge in [0.05, 0.1) is 56.2 Å². The van der Waals surface area contributed by atoms with E-state index < -0.39 is 44.5 Å². The molecule has 8 aromatic rings. The molecule has 0 aliphatic carbocycles. The number of nitrogens with zero attached hydrogens (tertiary/aromatic N) is 4. The van der Waals surface area contributed by atoms with E-state index in [-0.39, 0.29) is 56.2 Å². The van der Waals surface area contributed by atoms with E-state index in [0.717, 1.165) is 33.4 Å². The van der Waals surface area contributed by atoms with Crippen molar-refractivity contribution >= 4 is 43.1 Å². The molecule has 4 aromatic carbocycles. The first-order valence-corrected chi connectivity index (χ1v) is 14.1. The lowest BCUT2D eigenvalue weighted by molar-refractivity contribution is 0.594. The van der Waals surface area contributed by atoms with Crippen molar-refractivity contribution in [3.63, 3.8) is 0 Å². The van der Waals surface area contributed by atoms with E-state index in [2.05, 4.69) is 0 Å². The van der Waals surface area contributed by atoms with E-state index in [1.807, 2.05) is 0 Å². The van der Waals surface area contributed by atoms with Gasteiger partial charge in [-0.2, -0.15) is 9.35 Å². The fraction of sp³-hybridized carbons (Fsp3) is 0.0588. The van der Waals surface area contributed by atoms with Gasteiger partial charge in [-0.15, -0.1) is 0 Å². The molecule has 0 bridgehead atoms. The molecule has 12 heteroatoms. The van der Waals surface area contributed by atoms with Gasteiger partial charge in [0.2, 0.25) is 0 Å². The normalized spacial score (nSPS) is 11.9. The summed E-state index contributed by atoms with van der Waals surface area (Å²) in [6.45, 7) is -0.0280. The van der Waals surface area contributed by atoms with E-state index >= 15 is 0 Å². The van der Waals surface area contributed by atoms with Crippen molar-refractivity contribution in [2.24, 2.45) is 0 Å². The largest absolute Gasteiger partial charge is 0.281 e. The Morgan fingerprint density at radius 2 is 0.565 bits per heavy atom. The molecule has 0 radical (unpaired) electrons.